The van der Waals surface area contributed by atoms with Gasteiger partial charge >= 0.3 is 0 Å². The average molecular weight is 253 g/mol. The lowest BCUT2D eigenvalue weighted by Gasteiger charge is -2.43. The van der Waals surface area contributed by atoms with Gasteiger partial charge in [-0.15, -0.1) is 0 Å². The Morgan fingerprint density at radius 1 is 0.944 bits per heavy atom. The Hall–Kier alpha value is -0.120. The van der Waals surface area contributed by atoms with Gasteiger partial charge in [-0.05, 0) is 52.7 Å². The van der Waals surface area contributed by atoms with Crippen LogP contribution in [0.25, 0.3) is 0 Å². The number of likely N-dealkylation sites (tertiary alicyclic amines) is 1. The Morgan fingerprint density at radius 2 is 1.56 bits per heavy atom. The van der Waals surface area contributed by atoms with Crippen molar-refractivity contribution in [2.24, 2.45) is 0 Å². The van der Waals surface area contributed by atoms with Gasteiger partial charge in [-0.1, -0.05) is 6.92 Å². The van der Waals surface area contributed by atoms with Crippen LogP contribution in [-0.4, -0.2) is 72.6 Å². The lowest BCUT2D eigenvalue weighted by atomic mass is 10.0. The Balaban J connectivity index is 1.71. The molecule has 0 unspecified atom stereocenters. The first-order chi connectivity index (χ1) is 8.70. The maximum atomic E-state index is 2.75. The van der Waals surface area contributed by atoms with Crippen LogP contribution >= 0.6 is 0 Å². The summed E-state index contributed by atoms with van der Waals surface area (Å²) < 4.78 is 0. The Bertz CT molecular complexity index is 226. The maximum absolute atomic E-state index is 2.75. The molecule has 0 spiro atoms. The zero-order valence-corrected chi connectivity index (χ0v) is 12.6. The smallest absolute Gasteiger partial charge is 0.0121 e. The third-order valence-electron chi connectivity index (χ3n) is 4.69. The lowest BCUT2D eigenvalue weighted by Crippen LogP contribution is -2.53. The first kappa shape index (κ1) is 14.3. The van der Waals surface area contributed by atoms with Gasteiger partial charge < -0.3 is 9.80 Å². The Labute approximate surface area is 113 Å². The number of piperazine rings is 1. The molecule has 0 N–H and O–H groups in total. The summed E-state index contributed by atoms with van der Waals surface area (Å²) in [4.78, 5) is 8.01. The van der Waals surface area contributed by atoms with Gasteiger partial charge in [0, 0.05) is 38.3 Å². The van der Waals surface area contributed by atoms with Crippen molar-refractivity contribution in [3.63, 3.8) is 0 Å². The SMILES string of the molecule is CCCN1CCN(C2CCN(C(C)C)CC2)CC1. The van der Waals surface area contributed by atoms with Gasteiger partial charge in [0.2, 0.25) is 0 Å². The van der Waals surface area contributed by atoms with Gasteiger partial charge in [0.15, 0.2) is 0 Å². The minimum Gasteiger partial charge on any atom is -0.301 e. The quantitative estimate of drug-likeness (QED) is 0.757. The van der Waals surface area contributed by atoms with Crippen molar-refractivity contribution < 1.29 is 0 Å². The summed E-state index contributed by atoms with van der Waals surface area (Å²) >= 11 is 0. The van der Waals surface area contributed by atoms with Crippen molar-refractivity contribution in [2.75, 3.05) is 45.8 Å². The Kier molecular flexibility index (Phi) is 5.46. The second kappa shape index (κ2) is 6.88. The van der Waals surface area contributed by atoms with Crippen molar-refractivity contribution in [1.29, 1.82) is 0 Å². The van der Waals surface area contributed by atoms with Crippen LogP contribution in [-0.2, 0) is 0 Å². The molecule has 0 aliphatic carbocycles. The zero-order chi connectivity index (χ0) is 13.0. The van der Waals surface area contributed by atoms with Crippen LogP contribution in [0.3, 0.4) is 0 Å². The molecule has 0 saturated carbocycles. The lowest BCUT2D eigenvalue weighted by molar-refractivity contribution is 0.0520. The van der Waals surface area contributed by atoms with E-state index in [1.165, 1.54) is 65.1 Å². The van der Waals surface area contributed by atoms with Crippen LogP contribution in [0.2, 0.25) is 0 Å². The highest BCUT2D eigenvalue weighted by Gasteiger charge is 2.27. The molecule has 0 aromatic rings. The molecule has 2 aliphatic rings. The molecule has 2 rings (SSSR count). The minimum atomic E-state index is 0.729. The summed E-state index contributed by atoms with van der Waals surface area (Å²) in [5.41, 5.74) is 0. The second-order valence-corrected chi connectivity index (χ2v) is 6.24. The molecule has 2 saturated heterocycles. The third-order valence-corrected chi connectivity index (χ3v) is 4.69. The van der Waals surface area contributed by atoms with Crippen LogP contribution < -0.4 is 0 Å². The molecule has 0 aromatic heterocycles. The first-order valence-corrected chi connectivity index (χ1v) is 7.91. The van der Waals surface area contributed by atoms with Crippen LogP contribution in [0.1, 0.15) is 40.0 Å². The topological polar surface area (TPSA) is 9.72 Å². The molecule has 2 aliphatic heterocycles. The summed E-state index contributed by atoms with van der Waals surface area (Å²) in [6.45, 7) is 16.0. The van der Waals surface area contributed by atoms with Crippen molar-refractivity contribution in [2.45, 2.75) is 52.1 Å². The fourth-order valence-corrected chi connectivity index (χ4v) is 3.44. The van der Waals surface area contributed by atoms with E-state index in [1.54, 1.807) is 0 Å². The van der Waals surface area contributed by atoms with E-state index in [-0.39, 0.29) is 0 Å². The van der Waals surface area contributed by atoms with E-state index in [0.717, 1.165) is 12.1 Å². The second-order valence-electron chi connectivity index (χ2n) is 6.24. The van der Waals surface area contributed by atoms with Gasteiger partial charge in [-0.3, -0.25) is 4.90 Å². The van der Waals surface area contributed by atoms with E-state index in [9.17, 15) is 0 Å². The number of rotatable bonds is 4. The van der Waals surface area contributed by atoms with Crippen LogP contribution in [0.4, 0.5) is 0 Å². The van der Waals surface area contributed by atoms with Crippen molar-refractivity contribution in [3.05, 3.63) is 0 Å². The Morgan fingerprint density at radius 3 is 2.06 bits per heavy atom. The van der Waals surface area contributed by atoms with Crippen LogP contribution in [0.15, 0.2) is 0 Å². The van der Waals surface area contributed by atoms with Gasteiger partial charge in [-0.2, -0.15) is 0 Å². The summed E-state index contributed by atoms with van der Waals surface area (Å²) in [6.07, 6.45) is 4.06. The van der Waals surface area contributed by atoms with E-state index >= 15 is 0 Å². The normalized spacial score (nSPS) is 26.0. The largest absolute Gasteiger partial charge is 0.301 e. The fraction of sp³-hybridized carbons (Fsp3) is 1.00. The third kappa shape index (κ3) is 3.69. The predicted molar refractivity (Wildman–Crippen MR) is 78.0 cm³/mol. The molecule has 2 heterocycles. The van der Waals surface area contributed by atoms with E-state index in [2.05, 4.69) is 35.5 Å². The highest BCUT2D eigenvalue weighted by Crippen LogP contribution is 2.19. The monoisotopic (exact) mass is 253 g/mol. The highest BCUT2D eigenvalue weighted by molar-refractivity contribution is 4.84. The van der Waals surface area contributed by atoms with Gasteiger partial charge in [-0.25, -0.2) is 0 Å². The predicted octanol–water partition coefficient (Wildman–Crippen LogP) is 1.89. The van der Waals surface area contributed by atoms with Crippen molar-refractivity contribution in [1.82, 2.24) is 14.7 Å². The molecule has 3 nitrogen and oxygen atoms in total. The number of nitrogens with zero attached hydrogens (tertiary/aromatic N) is 3. The summed E-state index contributed by atoms with van der Waals surface area (Å²) in [6, 6.07) is 1.59. The molecule has 18 heavy (non-hydrogen) atoms. The van der Waals surface area contributed by atoms with E-state index in [0.29, 0.717) is 0 Å². The van der Waals surface area contributed by atoms with Crippen molar-refractivity contribution in [3.8, 4) is 0 Å². The highest BCUT2D eigenvalue weighted by atomic mass is 15.3. The molecule has 0 amide bonds. The molecule has 0 atom stereocenters. The number of hydrogen-bond donors (Lipinski definition) is 0. The average Bonchev–Trinajstić information content (AvgIpc) is 2.40. The number of piperidine rings is 1. The van der Waals surface area contributed by atoms with Crippen LogP contribution in [0, 0.1) is 0 Å². The summed E-state index contributed by atoms with van der Waals surface area (Å²) in [5.74, 6) is 0. The molecule has 0 bridgehead atoms. The van der Waals surface area contributed by atoms with E-state index in [4.69, 9.17) is 0 Å². The van der Waals surface area contributed by atoms with E-state index in [1.807, 2.05) is 0 Å². The molecule has 106 valence electrons. The summed E-state index contributed by atoms with van der Waals surface area (Å²) in [7, 11) is 0. The molecule has 0 radical (unpaired) electrons. The molecule has 2 fully saturated rings. The number of hydrogen-bond acceptors (Lipinski definition) is 3. The van der Waals surface area contributed by atoms with Gasteiger partial charge in [0.25, 0.3) is 0 Å². The van der Waals surface area contributed by atoms with Crippen molar-refractivity contribution >= 4 is 0 Å². The van der Waals surface area contributed by atoms with Gasteiger partial charge in [0.1, 0.15) is 0 Å². The van der Waals surface area contributed by atoms with Gasteiger partial charge in [0.05, 0.1) is 0 Å². The summed E-state index contributed by atoms with van der Waals surface area (Å²) in [5, 5.41) is 0. The fourth-order valence-electron chi connectivity index (χ4n) is 3.44. The van der Waals surface area contributed by atoms with E-state index < -0.39 is 0 Å². The molecule has 3 heteroatoms. The first-order valence-electron chi connectivity index (χ1n) is 7.91. The van der Waals surface area contributed by atoms with Crippen LogP contribution in [0.5, 0.6) is 0 Å². The zero-order valence-electron chi connectivity index (χ0n) is 12.6. The molecular formula is C15H31N3. The standard InChI is InChI=1S/C15H31N3/c1-4-7-16-10-12-18(13-11-16)15-5-8-17(9-6-15)14(2)3/h14-15H,4-13H2,1-3H3. The molecule has 0 aromatic carbocycles. The maximum Gasteiger partial charge on any atom is 0.0121 e. The minimum absolute atomic E-state index is 0.729. The molecular weight excluding hydrogens is 222 g/mol.